The van der Waals surface area contributed by atoms with Gasteiger partial charge >= 0.3 is 0 Å². The predicted molar refractivity (Wildman–Crippen MR) is 85.8 cm³/mol. The summed E-state index contributed by atoms with van der Waals surface area (Å²) in [5.74, 6) is 1.09. The molecule has 108 valence electrons. The van der Waals surface area contributed by atoms with Crippen LogP contribution in [0.25, 0.3) is 0 Å². The molecule has 1 unspecified atom stereocenters. The van der Waals surface area contributed by atoms with Gasteiger partial charge in [0.25, 0.3) is 0 Å². The van der Waals surface area contributed by atoms with Crippen molar-refractivity contribution < 1.29 is 4.74 Å². The fraction of sp³-hybridized carbons (Fsp3) is 0.278. The van der Waals surface area contributed by atoms with Crippen molar-refractivity contribution in [1.29, 1.82) is 0 Å². The Morgan fingerprint density at radius 2 is 1.52 bits per heavy atom. The van der Waals surface area contributed by atoms with Gasteiger partial charge in [-0.25, -0.2) is 0 Å². The molecule has 3 nitrogen and oxygen atoms in total. The van der Waals surface area contributed by atoms with Crippen molar-refractivity contribution in [2.24, 2.45) is 4.99 Å². The third kappa shape index (κ3) is 2.98. The van der Waals surface area contributed by atoms with Crippen LogP contribution in [0.1, 0.15) is 17.0 Å². The van der Waals surface area contributed by atoms with Gasteiger partial charge in [0.2, 0.25) is 0 Å². The van der Waals surface area contributed by atoms with Crippen LogP contribution in [0.3, 0.4) is 0 Å². The normalized spacial score (nSPS) is 15.6. The van der Waals surface area contributed by atoms with Crippen molar-refractivity contribution in [2.75, 3.05) is 20.2 Å². The van der Waals surface area contributed by atoms with Gasteiger partial charge in [-0.3, -0.25) is 4.99 Å². The van der Waals surface area contributed by atoms with E-state index >= 15 is 0 Å². The van der Waals surface area contributed by atoms with Crippen LogP contribution in [0.15, 0.2) is 65.7 Å². The van der Waals surface area contributed by atoms with E-state index < -0.39 is 0 Å². The summed E-state index contributed by atoms with van der Waals surface area (Å²) in [7, 11) is 1.76. The Balaban J connectivity index is 2.03. The third-order valence-electron chi connectivity index (χ3n) is 3.84. The van der Waals surface area contributed by atoms with Crippen molar-refractivity contribution in [1.82, 2.24) is 5.32 Å². The number of hydrogen-bond acceptors (Lipinski definition) is 3. The summed E-state index contributed by atoms with van der Waals surface area (Å²) < 4.78 is 5.81. The van der Waals surface area contributed by atoms with E-state index in [2.05, 4.69) is 58.8 Å². The van der Waals surface area contributed by atoms with Gasteiger partial charge in [-0.1, -0.05) is 60.7 Å². The van der Waals surface area contributed by atoms with Crippen LogP contribution in [-0.4, -0.2) is 32.1 Å². The SMILES string of the molecule is COC(C1=NCCN1)C(c1ccccc1)c1ccccc1. The van der Waals surface area contributed by atoms with E-state index in [4.69, 9.17) is 4.74 Å². The van der Waals surface area contributed by atoms with E-state index in [1.807, 2.05) is 12.1 Å². The van der Waals surface area contributed by atoms with Crippen LogP contribution in [0.4, 0.5) is 0 Å². The van der Waals surface area contributed by atoms with Gasteiger partial charge in [-0.15, -0.1) is 0 Å². The Labute approximate surface area is 125 Å². The average molecular weight is 280 g/mol. The van der Waals surface area contributed by atoms with Gasteiger partial charge in [0.1, 0.15) is 11.9 Å². The van der Waals surface area contributed by atoms with E-state index in [1.54, 1.807) is 7.11 Å². The standard InChI is InChI=1S/C18H20N2O/c1-21-17(18-19-12-13-20-18)16(14-8-4-2-5-9-14)15-10-6-3-7-11-15/h2-11,16-17H,12-13H2,1H3,(H,19,20). The Kier molecular flexibility index (Phi) is 4.31. The van der Waals surface area contributed by atoms with Gasteiger partial charge < -0.3 is 10.1 Å². The van der Waals surface area contributed by atoms with Crippen LogP contribution < -0.4 is 5.32 Å². The Morgan fingerprint density at radius 1 is 0.952 bits per heavy atom. The van der Waals surface area contributed by atoms with Gasteiger partial charge in [-0.2, -0.15) is 0 Å². The molecule has 1 N–H and O–H groups in total. The second-order valence-electron chi connectivity index (χ2n) is 5.15. The molecular formula is C18H20N2O. The van der Waals surface area contributed by atoms with Crippen molar-refractivity contribution in [3.05, 3.63) is 71.8 Å². The molecule has 0 amide bonds. The lowest BCUT2D eigenvalue weighted by Crippen LogP contribution is -2.38. The quantitative estimate of drug-likeness (QED) is 0.913. The molecule has 0 aliphatic carbocycles. The third-order valence-corrected chi connectivity index (χ3v) is 3.84. The summed E-state index contributed by atoms with van der Waals surface area (Å²) in [4.78, 5) is 4.56. The molecule has 1 aliphatic rings. The van der Waals surface area contributed by atoms with Crippen LogP contribution in [0.2, 0.25) is 0 Å². The molecule has 1 heterocycles. The molecule has 1 aliphatic heterocycles. The molecule has 21 heavy (non-hydrogen) atoms. The number of aliphatic imine (C=N–C) groups is 1. The highest BCUT2D eigenvalue weighted by atomic mass is 16.5. The average Bonchev–Trinajstić information content (AvgIpc) is 3.08. The maximum absolute atomic E-state index is 5.81. The minimum Gasteiger partial charge on any atom is -0.373 e. The van der Waals surface area contributed by atoms with E-state index in [-0.39, 0.29) is 12.0 Å². The maximum Gasteiger partial charge on any atom is 0.127 e. The Hall–Kier alpha value is -2.13. The molecule has 2 aromatic rings. The highest BCUT2D eigenvalue weighted by molar-refractivity contribution is 5.89. The lowest BCUT2D eigenvalue weighted by Gasteiger charge is -2.27. The van der Waals surface area contributed by atoms with E-state index in [0.29, 0.717) is 0 Å². The summed E-state index contributed by atoms with van der Waals surface area (Å²) in [6.45, 7) is 1.72. The molecule has 0 aromatic heterocycles. The smallest absolute Gasteiger partial charge is 0.127 e. The summed E-state index contributed by atoms with van der Waals surface area (Å²) in [6.07, 6.45) is -0.0858. The van der Waals surface area contributed by atoms with Crippen LogP contribution >= 0.6 is 0 Å². The van der Waals surface area contributed by atoms with Crippen LogP contribution in [0, 0.1) is 0 Å². The number of benzene rings is 2. The van der Waals surface area contributed by atoms with E-state index in [0.717, 1.165) is 18.9 Å². The monoisotopic (exact) mass is 280 g/mol. The summed E-state index contributed by atoms with van der Waals surface area (Å²) in [6, 6.07) is 21.0. The van der Waals surface area contributed by atoms with Crippen molar-refractivity contribution in [3.8, 4) is 0 Å². The lowest BCUT2D eigenvalue weighted by molar-refractivity contribution is 0.140. The number of nitrogens with zero attached hydrogens (tertiary/aromatic N) is 1. The number of nitrogens with one attached hydrogen (secondary N) is 1. The molecule has 3 rings (SSSR count). The first-order valence-electron chi connectivity index (χ1n) is 7.31. The van der Waals surface area contributed by atoms with Crippen LogP contribution in [0.5, 0.6) is 0 Å². The summed E-state index contributed by atoms with van der Waals surface area (Å²) >= 11 is 0. The highest BCUT2D eigenvalue weighted by Crippen LogP contribution is 2.30. The van der Waals surface area contributed by atoms with Crippen molar-refractivity contribution >= 4 is 5.84 Å². The van der Waals surface area contributed by atoms with Crippen LogP contribution in [-0.2, 0) is 4.74 Å². The number of amidine groups is 1. The molecule has 0 saturated carbocycles. The van der Waals surface area contributed by atoms with Gasteiger partial charge in [0.15, 0.2) is 0 Å². The molecule has 0 bridgehead atoms. The highest BCUT2D eigenvalue weighted by Gasteiger charge is 2.30. The maximum atomic E-state index is 5.81. The first-order valence-corrected chi connectivity index (χ1v) is 7.31. The number of methoxy groups -OCH3 is 1. The topological polar surface area (TPSA) is 33.6 Å². The minimum absolute atomic E-state index is 0.0858. The summed E-state index contributed by atoms with van der Waals surface area (Å²) in [5, 5.41) is 3.35. The zero-order valence-electron chi connectivity index (χ0n) is 12.2. The number of ether oxygens (including phenoxy) is 1. The predicted octanol–water partition coefficient (Wildman–Crippen LogP) is 2.84. The largest absolute Gasteiger partial charge is 0.373 e. The fourth-order valence-corrected chi connectivity index (χ4v) is 2.88. The molecule has 1 atom stereocenters. The van der Waals surface area contributed by atoms with Gasteiger partial charge in [-0.05, 0) is 11.1 Å². The first kappa shape index (κ1) is 13.8. The zero-order valence-corrected chi connectivity index (χ0v) is 12.2. The van der Waals surface area contributed by atoms with E-state index in [9.17, 15) is 0 Å². The fourth-order valence-electron chi connectivity index (χ4n) is 2.88. The molecular weight excluding hydrogens is 260 g/mol. The van der Waals surface area contributed by atoms with Crippen molar-refractivity contribution in [3.63, 3.8) is 0 Å². The number of hydrogen-bond donors (Lipinski definition) is 1. The molecule has 0 fully saturated rings. The second kappa shape index (κ2) is 6.55. The molecule has 3 heteroatoms. The van der Waals surface area contributed by atoms with Crippen molar-refractivity contribution in [2.45, 2.75) is 12.0 Å². The van der Waals surface area contributed by atoms with Gasteiger partial charge in [0.05, 0.1) is 6.54 Å². The first-order chi connectivity index (χ1) is 10.4. The second-order valence-corrected chi connectivity index (χ2v) is 5.15. The molecule has 0 spiro atoms. The molecule has 0 saturated heterocycles. The van der Waals surface area contributed by atoms with Gasteiger partial charge in [0, 0.05) is 19.6 Å². The minimum atomic E-state index is -0.0858. The number of rotatable bonds is 5. The molecule has 0 radical (unpaired) electrons. The zero-order chi connectivity index (χ0) is 14.5. The lowest BCUT2D eigenvalue weighted by atomic mass is 9.86. The Morgan fingerprint density at radius 3 is 1.95 bits per heavy atom. The summed E-state index contributed by atoms with van der Waals surface area (Å²) in [5.41, 5.74) is 2.49. The Bertz CT molecular complexity index is 556. The van der Waals surface area contributed by atoms with E-state index in [1.165, 1.54) is 11.1 Å². The molecule has 2 aromatic carbocycles.